The highest BCUT2D eigenvalue weighted by Crippen LogP contribution is 2.73. The third kappa shape index (κ3) is 10.5. The Hall–Kier alpha value is -5.18. The molecule has 2 saturated carbocycles. The number of aromatic nitrogens is 1. The monoisotopic (exact) mass is 878 g/mol. The standard InChI is InChI=1S/C45H59N4O12P/c1-9-30-25-45(30,62(54,57-10-2)58-27-56-43(53)59-28(3)4)48-40(50)37-23-33(26-49(37)41(51)39(44(5,6)7)47-42(52)61-31-18-14-15-19-31)60-38-24-35(29-16-12-11-13-17-29)46-36-22-32(55-8)20-21-34(36)38/h9,11-13,16-17,20-22,24,28,30-31,33,37,39H,1,10,14-15,18-19,23,25-27H2,2-8H3,(H,47,52)(H,48,50)/t30-,33-,37?,39?,45+,62?/m1/s1. The molecule has 0 radical (unpaired) electrons. The van der Waals surface area contributed by atoms with Crippen LogP contribution in [0, 0.1) is 11.3 Å². The van der Waals surface area contributed by atoms with Crippen LogP contribution in [0.5, 0.6) is 11.5 Å². The Morgan fingerprint density at radius 3 is 2.39 bits per heavy atom. The van der Waals surface area contributed by atoms with E-state index < -0.39 is 79.4 Å². The second kappa shape index (κ2) is 19.5. The van der Waals surface area contributed by atoms with Crippen molar-refractivity contribution < 1.29 is 56.5 Å². The summed E-state index contributed by atoms with van der Waals surface area (Å²) in [5.74, 6) is -0.683. The Labute approximate surface area is 362 Å². The maximum atomic E-state index is 14.9. The summed E-state index contributed by atoms with van der Waals surface area (Å²) < 4.78 is 54.0. The summed E-state index contributed by atoms with van der Waals surface area (Å²) in [5, 5.41) is 4.83. The van der Waals surface area contributed by atoms with Gasteiger partial charge >= 0.3 is 19.8 Å². The number of rotatable bonds is 17. The van der Waals surface area contributed by atoms with E-state index in [1.54, 1.807) is 33.9 Å². The first-order chi connectivity index (χ1) is 29.5. The molecule has 3 unspecified atom stereocenters. The highest BCUT2D eigenvalue weighted by Gasteiger charge is 2.69. The molecule has 16 nitrogen and oxygen atoms in total. The van der Waals surface area contributed by atoms with Gasteiger partial charge < -0.3 is 43.7 Å². The third-order valence-corrected chi connectivity index (χ3v) is 13.9. The molecule has 17 heteroatoms. The number of hydrogen-bond donors (Lipinski definition) is 2. The van der Waals surface area contributed by atoms with Crippen LogP contribution in [0.3, 0.4) is 0 Å². The molecule has 6 atom stereocenters. The van der Waals surface area contributed by atoms with Crippen LogP contribution in [0.1, 0.15) is 80.1 Å². The Morgan fingerprint density at radius 1 is 1.03 bits per heavy atom. The Bertz CT molecular complexity index is 2160. The van der Waals surface area contributed by atoms with E-state index in [1.807, 2.05) is 69.3 Å². The number of likely N-dealkylation sites (tertiary alicyclic amines) is 1. The van der Waals surface area contributed by atoms with Crippen LogP contribution in [0.15, 0.2) is 67.3 Å². The zero-order chi connectivity index (χ0) is 44.8. The van der Waals surface area contributed by atoms with Crippen molar-refractivity contribution in [2.75, 3.05) is 27.1 Å². The van der Waals surface area contributed by atoms with Crippen molar-refractivity contribution in [1.82, 2.24) is 20.5 Å². The topological polar surface area (TPSA) is 190 Å². The molecule has 2 heterocycles. The van der Waals surface area contributed by atoms with Gasteiger partial charge in [0.15, 0.2) is 0 Å². The first-order valence-electron chi connectivity index (χ1n) is 21.2. The van der Waals surface area contributed by atoms with E-state index in [9.17, 15) is 23.7 Å². The minimum atomic E-state index is -4.29. The Morgan fingerprint density at radius 2 is 1.76 bits per heavy atom. The molecule has 0 spiro atoms. The first kappa shape index (κ1) is 46.3. The summed E-state index contributed by atoms with van der Waals surface area (Å²) in [6, 6.07) is 14.6. The summed E-state index contributed by atoms with van der Waals surface area (Å²) in [4.78, 5) is 61.4. The van der Waals surface area contributed by atoms with E-state index in [-0.39, 0.29) is 32.1 Å². The molecule has 0 bridgehead atoms. The van der Waals surface area contributed by atoms with Gasteiger partial charge in [-0.25, -0.2) is 14.6 Å². The van der Waals surface area contributed by atoms with Crippen LogP contribution in [0.25, 0.3) is 22.2 Å². The summed E-state index contributed by atoms with van der Waals surface area (Å²) in [7, 11) is -2.72. The van der Waals surface area contributed by atoms with Gasteiger partial charge in [-0.05, 0) is 70.4 Å². The van der Waals surface area contributed by atoms with Crippen LogP contribution in [0.4, 0.5) is 9.59 Å². The minimum absolute atomic E-state index is 0.0143. The van der Waals surface area contributed by atoms with Crippen molar-refractivity contribution in [2.45, 2.75) is 116 Å². The number of carbonyl (C=O) groups excluding carboxylic acids is 4. The van der Waals surface area contributed by atoms with Gasteiger partial charge in [0.1, 0.15) is 41.1 Å². The Kier molecular flexibility index (Phi) is 14.5. The van der Waals surface area contributed by atoms with Crippen molar-refractivity contribution in [2.24, 2.45) is 11.3 Å². The molecule has 1 aromatic heterocycles. The second-order valence-corrected chi connectivity index (χ2v) is 19.5. The lowest BCUT2D eigenvalue weighted by molar-refractivity contribution is -0.142. The molecule has 2 N–H and O–H groups in total. The number of ether oxygens (including phenoxy) is 5. The molecule has 3 aliphatic rings. The number of benzene rings is 2. The van der Waals surface area contributed by atoms with Crippen molar-refractivity contribution >= 4 is 42.6 Å². The summed E-state index contributed by atoms with van der Waals surface area (Å²) >= 11 is 0. The van der Waals surface area contributed by atoms with Crippen LogP contribution < -0.4 is 20.1 Å². The number of pyridine rings is 1. The van der Waals surface area contributed by atoms with Crippen LogP contribution in [-0.2, 0) is 37.4 Å². The number of fused-ring (bicyclic) bond motifs is 1. The summed E-state index contributed by atoms with van der Waals surface area (Å²) in [5.41, 5.74) is 1.27. The molecule has 3 aromatic rings. The second-order valence-electron chi connectivity index (χ2n) is 17.2. The number of methoxy groups -OCH3 is 1. The van der Waals surface area contributed by atoms with Gasteiger partial charge in [0.2, 0.25) is 18.6 Å². The molecule has 336 valence electrons. The molecular formula is C45H59N4O12P. The van der Waals surface area contributed by atoms with Gasteiger partial charge in [0, 0.05) is 35.4 Å². The van der Waals surface area contributed by atoms with Gasteiger partial charge in [-0.2, -0.15) is 0 Å². The number of hydrogen-bond acceptors (Lipinski definition) is 13. The smallest absolute Gasteiger partial charge is 0.497 e. The van der Waals surface area contributed by atoms with E-state index in [0.29, 0.717) is 28.1 Å². The lowest BCUT2D eigenvalue weighted by Gasteiger charge is -2.36. The van der Waals surface area contributed by atoms with Crippen molar-refractivity contribution in [3.63, 3.8) is 0 Å². The largest absolute Gasteiger partial charge is 0.510 e. The molecule has 6 rings (SSSR count). The van der Waals surface area contributed by atoms with Crippen molar-refractivity contribution in [3.8, 4) is 22.8 Å². The normalized spacial score (nSPS) is 22.6. The van der Waals surface area contributed by atoms with Gasteiger partial charge in [-0.3, -0.25) is 18.7 Å². The van der Waals surface area contributed by atoms with Gasteiger partial charge in [0.25, 0.3) is 0 Å². The van der Waals surface area contributed by atoms with Crippen LogP contribution in [0.2, 0.25) is 0 Å². The van der Waals surface area contributed by atoms with Crippen molar-refractivity contribution in [3.05, 3.63) is 67.3 Å². The Balaban J connectivity index is 1.33. The molecule has 3 fully saturated rings. The maximum Gasteiger partial charge on any atom is 0.510 e. The van der Waals surface area contributed by atoms with Gasteiger partial charge in [-0.1, -0.05) is 57.2 Å². The number of nitrogens with one attached hydrogen (secondary N) is 2. The van der Waals surface area contributed by atoms with Gasteiger partial charge in [0.05, 0.1) is 37.6 Å². The molecule has 3 amide bonds. The number of alkyl carbamates (subject to hydrolysis) is 1. The molecule has 2 aliphatic carbocycles. The highest BCUT2D eigenvalue weighted by atomic mass is 31.2. The third-order valence-electron chi connectivity index (χ3n) is 11.3. The lowest BCUT2D eigenvalue weighted by atomic mass is 9.85. The average molecular weight is 879 g/mol. The fourth-order valence-electron chi connectivity index (χ4n) is 8.02. The average Bonchev–Trinajstić information content (AvgIpc) is 3.48. The van der Waals surface area contributed by atoms with Gasteiger partial charge in [-0.15, -0.1) is 6.58 Å². The highest BCUT2D eigenvalue weighted by molar-refractivity contribution is 7.56. The fraction of sp³-hybridized carbons (Fsp3) is 0.533. The lowest BCUT2D eigenvalue weighted by Crippen LogP contribution is -2.58. The molecule has 2 aromatic carbocycles. The molecular weight excluding hydrogens is 819 g/mol. The molecule has 62 heavy (non-hydrogen) atoms. The predicted octanol–water partition coefficient (Wildman–Crippen LogP) is 8.13. The zero-order valence-electron chi connectivity index (χ0n) is 36.5. The molecule has 1 saturated heterocycles. The maximum absolute atomic E-state index is 14.9. The number of carbonyl (C=O) groups is 4. The quantitative estimate of drug-likeness (QED) is 0.0573. The zero-order valence-corrected chi connectivity index (χ0v) is 37.4. The van der Waals surface area contributed by atoms with E-state index in [1.165, 1.54) is 11.0 Å². The summed E-state index contributed by atoms with van der Waals surface area (Å²) in [6.45, 7) is 13.3. The molecule has 1 aliphatic heterocycles. The predicted molar refractivity (Wildman–Crippen MR) is 230 cm³/mol. The summed E-state index contributed by atoms with van der Waals surface area (Å²) in [6.07, 6.45) is 1.87. The fourth-order valence-corrected chi connectivity index (χ4v) is 10.3. The van der Waals surface area contributed by atoms with E-state index in [2.05, 4.69) is 17.2 Å². The SMILES string of the molecule is C=C[C@@H]1C[C@]1(NC(=O)C1C[C@@H](Oc2cc(-c3ccccc3)nc3cc(OC)ccc23)CN1C(=O)C(NC(=O)OC1CCCC1)C(C)(C)C)P(=O)(OCC)OCOC(=O)OC(C)C. The van der Waals surface area contributed by atoms with Crippen molar-refractivity contribution in [1.29, 1.82) is 0 Å². The van der Waals surface area contributed by atoms with E-state index >= 15 is 0 Å². The van der Waals surface area contributed by atoms with E-state index in [0.717, 1.165) is 31.2 Å². The van der Waals surface area contributed by atoms with E-state index in [4.69, 9.17) is 37.7 Å². The number of nitrogens with zero attached hydrogens (tertiary/aromatic N) is 2. The van der Waals surface area contributed by atoms with Crippen LogP contribution >= 0.6 is 7.60 Å². The number of amides is 3. The minimum Gasteiger partial charge on any atom is -0.497 e. The van der Waals surface area contributed by atoms with Crippen LogP contribution in [-0.4, -0.2) is 96.7 Å². The first-order valence-corrected chi connectivity index (χ1v) is 22.7.